The Balaban J connectivity index is 2.00. The summed E-state index contributed by atoms with van der Waals surface area (Å²) in [5, 5.41) is 19.6. The van der Waals surface area contributed by atoms with Crippen LogP contribution in [0.3, 0.4) is 0 Å². The lowest BCUT2D eigenvalue weighted by Gasteiger charge is -2.26. The minimum atomic E-state index is -0.862. The molecule has 6 heteroatoms. The summed E-state index contributed by atoms with van der Waals surface area (Å²) >= 11 is 0. The van der Waals surface area contributed by atoms with Crippen LogP contribution in [0.15, 0.2) is 18.2 Å². The van der Waals surface area contributed by atoms with Gasteiger partial charge in [0.2, 0.25) is 0 Å². The Bertz CT molecular complexity index is 508. The lowest BCUT2D eigenvalue weighted by Crippen LogP contribution is -2.37. The molecule has 0 amide bonds. The van der Waals surface area contributed by atoms with Crippen molar-refractivity contribution in [2.24, 2.45) is 0 Å². The van der Waals surface area contributed by atoms with Crippen molar-refractivity contribution >= 4 is 11.7 Å². The molecule has 1 aliphatic heterocycles. The number of aromatic carboxylic acids is 1. The number of anilines is 1. The molecule has 1 fully saturated rings. The quantitative estimate of drug-likeness (QED) is 0.648. The highest BCUT2D eigenvalue weighted by molar-refractivity contribution is 5.89. The maximum Gasteiger partial charge on any atom is 0.335 e. The zero-order valence-corrected chi connectivity index (χ0v) is 14.6. The Hall–Kier alpha value is -1.63. The highest BCUT2D eigenvalue weighted by atomic mass is 16.4. The van der Waals surface area contributed by atoms with Crippen LogP contribution < -0.4 is 20.9 Å². The van der Waals surface area contributed by atoms with E-state index >= 15 is 0 Å². The molecule has 4 N–H and O–H groups in total. The first-order chi connectivity index (χ1) is 11.7. The Morgan fingerprint density at radius 3 is 2.29 bits per heavy atom. The molecule has 0 spiro atoms. The van der Waals surface area contributed by atoms with Gasteiger partial charge in [-0.2, -0.15) is 0 Å². The van der Waals surface area contributed by atoms with E-state index in [4.69, 9.17) is 0 Å². The summed E-state index contributed by atoms with van der Waals surface area (Å²) in [6, 6.07) is 5.64. The van der Waals surface area contributed by atoms with E-state index in [2.05, 4.69) is 20.9 Å². The van der Waals surface area contributed by atoms with Crippen molar-refractivity contribution in [3.8, 4) is 0 Å². The van der Waals surface area contributed by atoms with Gasteiger partial charge in [-0.3, -0.25) is 0 Å². The first-order valence-electron chi connectivity index (χ1n) is 8.89. The van der Waals surface area contributed by atoms with Gasteiger partial charge in [0.05, 0.1) is 5.56 Å². The summed E-state index contributed by atoms with van der Waals surface area (Å²) in [4.78, 5) is 13.5. The standard InChI is InChI=1S/C18H30N4O2/c1-15-14-16(4-5-17(15)18(23)24)22-12-3-8-20-10-9-19-6-2-7-21-11-13-22/h4-5,14,19-21H,2-3,6-13H2,1H3,(H,23,24). The summed E-state index contributed by atoms with van der Waals surface area (Å²) in [6.45, 7) is 9.78. The van der Waals surface area contributed by atoms with Crippen molar-refractivity contribution < 1.29 is 9.90 Å². The van der Waals surface area contributed by atoms with Crippen LogP contribution in [-0.4, -0.2) is 63.4 Å². The summed E-state index contributed by atoms with van der Waals surface area (Å²) < 4.78 is 0. The van der Waals surface area contributed by atoms with Gasteiger partial charge in [0, 0.05) is 38.4 Å². The summed E-state index contributed by atoms with van der Waals surface area (Å²) in [6.07, 6.45) is 2.20. The van der Waals surface area contributed by atoms with Gasteiger partial charge in [0.25, 0.3) is 0 Å². The molecule has 1 aliphatic rings. The van der Waals surface area contributed by atoms with Gasteiger partial charge < -0.3 is 26.0 Å². The average molecular weight is 334 g/mol. The van der Waals surface area contributed by atoms with Gasteiger partial charge in [0.1, 0.15) is 0 Å². The van der Waals surface area contributed by atoms with Crippen LogP contribution in [0.1, 0.15) is 28.8 Å². The van der Waals surface area contributed by atoms with E-state index in [1.165, 1.54) is 0 Å². The second-order valence-electron chi connectivity index (χ2n) is 6.25. The van der Waals surface area contributed by atoms with E-state index in [9.17, 15) is 9.90 Å². The predicted molar refractivity (Wildman–Crippen MR) is 98.2 cm³/mol. The number of rotatable bonds is 2. The fourth-order valence-electron chi connectivity index (χ4n) is 2.95. The molecule has 0 unspecified atom stereocenters. The fourth-order valence-corrected chi connectivity index (χ4v) is 2.95. The zero-order chi connectivity index (χ0) is 17.2. The van der Waals surface area contributed by atoms with Crippen LogP contribution in [-0.2, 0) is 0 Å². The minimum Gasteiger partial charge on any atom is -0.478 e. The monoisotopic (exact) mass is 334 g/mol. The Kier molecular flexibility index (Phi) is 8.01. The topological polar surface area (TPSA) is 76.6 Å². The molecular formula is C18H30N4O2. The van der Waals surface area contributed by atoms with E-state index in [1.54, 1.807) is 6.07 Å². The number of hydrogen-bond donors (Lipinski definition) is 4. The molecular weight excluding hydrogens is 304 g/mol. The Morgan fingerprint density at radius 2 is 1.62 bits per heavy atom. The molecule has 0 bridgehead atoms. The van der Waals surface area contributed by atoms with Crippen LogP contribution in [0.4, 0.5) is 5.69 Å². The Morgan fingerprint density at radius 1 is 0.958 bits per heavy atom. The highest BCUT2D eigenvalue weighted by Crippen LogP contribution is 2.19. The summed E-state index contributed by atoms with van der Waals surface area (Å²) in [7, 11) is 0. The summed E-state index contributed by atoms with van der Waals surface area (Å²) in [5.41, 5.74) is 2.30. The molecule has 0 aromatic heterocycles. The Labute approximate surface area is 144 Å². The number of carboxylic acids is 1. The van der Waals surface area contributed by atoms with E-state index < -0.39 is 5.97 Å². The second-order valence-corrected chi connectivity index (χ2v) is 6.25. The molecule has 1 aromatic carbocycles. The van der Waals surface area contributed by atoms with Gasteiger partial charge >= 0.3 is 5.97 Å². The largest absolute Gasteiger partial charge is 0.478 e. The number of nitrogens with zero attached hydrogens (tertiary/aromatic N) is 1. The first-order valence-corrected chi connectivity index (χ1v) is 8.89. The number of hydrogen-bond acceptors (Lipinski definition) is 5. The first kappa shape index (κ1) is 18.7. The van der Waals surface area contributed by atoms with Crippen molar-refractivity contribution in [2.75, 3.05) is 57.3 Å². The van der Waals surface area contributed by atoms with E-state index in [1.807, 2.05) is 19.1 Å². The maximum absolute atomic E-state index is 11.2. The molecule has 24 heavy (non-hydrogen) atoms. The van der Waals surface area contributed by atoms with Gasteiger partial charge in [-0.1, -0.05) is 0 Å². The molecule has 0 saturated carbocycles. The van der Waals surface area contributed by atoms with E-state index in [-0.39, 0.29) is 0 Å². The third kappa shape index (κ3) is 6.11. The molecule has 0 atom stereocenters. The van der Waals surface area contributed by atoms with Crippen molar-refractivity contribution in [3.05, 3.63) is 29.3 Å². The van der Waals surface area contributed by atoms with Gasteiger partial charge in [0.15, 0.2) is 0 Å². The fraction of sp³-hybridized carbons (Fsp3) is 0.611. The predicted octanol–water partition coefficient (Wildman–Crippen LogP) is 1.06. The van der Waals surface area contributed by atoms with Crippen molar-refractivity contribution in [1.29, 1.82) is 0 Å². The summed E-state index contributed by atoms with van der Waals surface area (Å²) in [5.74, 6) is -0.862. The zero-order valence-electron chi connectivity index (χ0n) is 14.6. The van der Waals surface area contributed by atoms with Crippen LogP contribution in [0.5, 0.6) is 0 Å². The number of aryl methyl sites for hydroxylation is 1. The molecule has 0 radical (unpaired) electrons. The second kappa shape index (κ2) is 10.3. The lowest BCUT2D eigenvalue weighted by molar-refractivity contribution is 0.0696. The highest BCUT2D eigenvalue weighted by Gasteiger charge is 2.11. The smallest absolute Gasteiger partial charge is 0.335 e. The van der Waals surface area contributed by atoms with Crippen LogP contribution in [0.2, 0.25) is 0 Å². The van der Waals surface area contributed by atoms with E-state index in [0.29, 0.717) is 5.56 Å². The molecule has 1 aromatic rings. The molecule has 134 valence electrons. The number of carbonyl (C=O) groups is 1. The number of benzene rings is 1. The molecule has 2 rings (SSSR count). The third-order valence-electron chi connectivity index (χ3n) is 4.33. The molecule has 1 heterocycles. The van der Waals surface area contributed by atoms with Crippen LogP contribution >= 0.6 is 0 Å². The molecule has 0 aliphatic carbocycles. The normalized spacial score (nSPS) is 18.8. The van der Waals surface area contributed by atoms with Crippen molar-refractivity contribution in [3.63, 3.8) is 0 Å². The number of nitrogens with one attached hydrogen (secondary N) is 3. The van der Waals surface area contributed by atoms with Gasteiger partial charge in [-0.05, 0) is 63.2 Å². The minimum absolute atomic E-state index is 0.383. The average Bonchev–Trinajstić information content (AvgIpc) is 2.56. The maximum atomic E-state index is 11.2. The van der Waals surface area contributed by atoms with Crippen LogP contribution in [0.25, 0.3) is 0 Å². The SMILES string of the molecule is Cc1cc(N2CCCNCCNCCCNCC2)ccc1C(=O)O. The van der Waals surface area contributed by atoms with Crippen molar-refractivity contribution in [1.82, 2.24) is 16.0 Å². The third-order valence-corrected chi connectivity index (χ3v) is 4.33. The lowest BCUT2D eigenvalue weighted by atomic mass is 10.1. The molecule has 6 nitrogen and oxygen atoms in total. The van der Waals surface area contributed by atoms with Crippen molar-refractivity contribution in [2.45, 2.75) is 19.8 Å². The van der Waals surface area contributed by atoms with Gasteiger partial charge in [-0.25, -0.2) is 4.79 Å². The van der Waals surface area contributed by atoms with E-state index in [0.717, 1.165) is 76.5 Å². The van der Waals surface area contributed by atoms with Crippen LogP contribution in [0, 0.1) is 6.92 Å². The molecule has 1 saturated heterocycles. The van der Waals surface area contributed by atoms with Gasteiger partial charge in [-0.15, -0.1) is 0 Å². The number of carboxylic acid groups (broad SMARTS) is 1.